The predicted octanol–water partition coefficient (Wildman–Crippen LogP) is 5.18. The second-order valence-electron chi connectivity index (χ2n) is 13.3. The van der Waals surface area contributed by atoms with E-state index in [4.69, 9.17) is 11.6 Å². The number of H-pyrrole nitrogens is 1. The van der Waals surface area contributed by atoms with Gasteiger partial charge in [-0.15, -0.1) is 0 Å². The number of aromatic nitrogens is 3. The molecule has 43 heavy (non-hydrogen) atoms. The summed E-state index contributed by atoms with van der Waals surface area (Å²) in [6.45, 7) is 7.31. The second kappa shape index (κ2) is 9.91. The highest BCUT2D eigenvalue weighted by molar-refractivity contribution is 6.35. The van der Waals surface area contributed by atoms with Crippen LogP contribution in [0.25, 0.3) is 10.9 Å². The van der Waals surface area contributed by atoms with Crippen LogP contribution < -0.4 is 10.6 Å². The van der Waals surface area contributed by atoms with Gasteiger partial charge in [-0.2, -0.15) is 5.10 Å². The zero-order chi connectivity index (χ0) is 30.1. The maximum Gasteiger partial charge on any atom is 0.237 e. The molecule has 2 atom stereocenters. The fraction of sp³-hybridized carbons (Fsp3) is 0.364. The van der Waals surface area contributed by atoms with Gasteiger partial charge in [0.25, 0.3) is 0 Å². The van der Waals surface area contributed by atoms with Crippen LogP contribution in [0.5, 0.6) is 0 Å². The van der Waals surface area contributed by atoms with E-state index < -0.39 is 11.3 Å². The molecule has 2 aromatic heterocycles. The average molecular weight is 597 g/mol. The zero-order valence-corrected chi connectivity index (χ0v) is 25.1. The van der Waals surface area contributed by atoms with E-state index in [1.807, 2.05) is 41.3 Å². The summed E-state index contributed by atoms with van der Waals surface area (Å²) in [7, 11) is 0. The van der Waals surface area contributed by atoms with Crippen LogP contribution in [0.1, 0.15) is 55.0 Å². The van der Waals surface area contributed by atoms with E-state index in [0.29, 0.717) is 48.9 Å². The Morgan fingerprint density at radius 3 is 2.77 bits per heavy atom. The molecule has 4 aromatic rings. The highest BCUT2D eigenvalue weighted by Gasteiger charge is 2.51. The van der Waals surface area contributed by atoms with Gasteiger partial charge in [-0.25, -0.2) is 4.98 Å². The Kier molecular flexibility index (Phi) is 6.36. The predicted molar refractivity (Wildman–Crippen MR) is 165 cm³/mol. The van der Waals surface area contributed by atoms with Crippen molar-refractivity contribution in [2.75, 3.05) is 17.2 Å². The minimum absolute atomic E-state index is 0.0375. The lowest BCUT2D eigenvalue weighted by molar-refractivity contribution is -0.139. The monoisotopic (exact) mass is 596 g/mol. The van der Waals surface area contributed by atoms with Crippen LogP contribution >= 0.6 is 11.6 Å². The van der Waals surface area contributed by atoms with Crippen molar-refractivity contribution in [2.45, 2.75) is 58.4 Å². The fourth-order valence-corrected chi connectivity index (χ4v) is 7.35. The number of pyridine rings is 1. The minimum Gasteiger partial charge on any atom is -0.338 e. The summed E-state index contributed by atoms with van der Waals surface area (Å²) >= 11 is 6.58. The number of fused-ring (bicyclic) bond motifs is 6. The third-order valence-corrected chi connectivity index (χ3v) is 9.23. The van der Waals surface area contributed by atoms with Crippen LogP contribution in [-0.2, 0) is 45.6 Å². The van der Waals surface area contributed by atoms with Crippen molar-refractivity contribution in [1.82, 2.24) is 20.1 Å². The van der Waals surface area contributed by atoms with Crippen LogP contribution in [-0.4, -0.2) is 44.3 Å². The van der Waals surface area contributed by atoms with Crippen LogP contribution in [0.15, 0.2) is 48.8 Å². The maximum atomic E-state index is 13.9. The molecule has 10 heteroatoms. The zero-order valence-electron chi connectivity index (χ0n) is 24.4. The van der Waals surface area contributed by atoms with E-state index in [2.05, 4.69) is 46.6 Å². The summed E-state index contributed by atoms with van der Waals surface area (Å²) in [4.78, 5) is 46.7. The van der Waals surface area contributed by atoms with Gasteiger partial charge in [0.05, 0.1) is 28.1 Å². The lowest BCUT2D eigenvalue weighted by atomic mass is 9.79. The Labute approximate surface area is 254 Å². The molecule has 9 nitrogen and oxygen atoms in total. The van der Waals surface area contributed by atoms with Gasteiger partial charge in [0.2, 0.25) is 17.7 Å². The van der Waals surface area contributed by atoms with E-state index in [1.54, 1.807) is 12.4 Å². The lowest BCUT2D eigenvalue weighted by Crippen LogP contribution is -2.40. The number of nitrogens with one attached hydrogen (secondary N) is 3. The Hall–Kier alpha value is -4.24. The molecule has 1 aliphatic carbocycles. The molecule has 3 amide bonds. The number of carbonyl (C=O) groups is 3. The highest BCUT2D eigenvalue weighted by Crippen LogP contribution is 2.47. The van der Waals surface area contributed by atoms with Gasteiger partial charge in [-0.3, -0.25) is 19.5 Å². The summed E-state index contributed by atoms with van der Waals surface area (Å²) in [5.41, 5.74) is 5.63. The number of amides is 3. The third-order valence-electron chi connectivity index (χ3n) is 8.93. The Bertz CT molecular complexity index is 1830. The highest BCUT2D eigenvalue weighted by atomic mass is 35.5. The van der Waals surface area contributed by atoms with E-state index in [9.17, 15) is 14.4 Å². The second-order valence-corrected chi connectivity index (χ2v) is 13.7. The van der Waals surface area contributed by atoms with E-state index >= 15 is 0 Å². The number of nitrogens with zero attached hydrogens (tertiary/aromatic N) is 3. The van der Waals surface area contributed by atoms with Gasteiger partial charge in [0.15, 0.2) is 0 Å². The average Bonchev–Trinajstić information content (AvgIpc) is 3.63. The number of benzene rings is 2. The fourth-order valence-electron chi connectivity index (χ4n) is 7.08. The van der Waals surface area contributed by atoms with Crippen molar-refractivity contribution in [3.8, 4) is 0 Å². The van der Waals surface area contributed by atoms with Crippen molar-refractivity contribution in [3.63, 3.8) is 0 Å². The molecule has 2 aliphatic heterocycles. The van der Waals surface area contributed by atoms with Gasteiger partial charge in [-0.1, -0.05) is 44.5 Å². The molecule has 220 valence electrons. The number of anilines is 2. The standard InChI is InChI=1S/C33H33ClN6O3/c1-32(2,3)17-40-16-24-19(11-26(34)28-23(24)15-36-39-28)9-20(30(40)42)12-27(41)37-22-7-6-18-13-33(14-21(18)10-22)25-5-4-8-35-29(25)38-31(33)43/h4-8,10-11,15,20H,9,12-14,16-17H2,1-3H3,(H,36,39)(H,37,41)(H,35,38,43). The Balaban J connectivity index is 1.12. The lowest BCUT2D eigenvalue weighted by Gasteiger charge is -2.31. The first-order chi connectivity index (χ1) is 20.5. The summed E-state index contributed by atoms with van der Waals surface area (Å²) in [6.07, 6.45) is 5.03. The number of halogens is 1. The quantitative estimate of drug-likeness (QED) is 0.300. The maximum absolute atomic E-state index is 13.9. The molecule has 3 N–H and O–H groups in total. The molecule has 0 bridgehead atoms. The number of carbonyl (C=O) groups excluding carboxylic acids is 3. The molecule has 2 unspecified atom stereocenters. The molecular formula is C33H33ClN6O3. The molecule has 1 spiro atoms. The molecule has 7 rings (SSSR count). The molecule has 0 saturated heterocycles. The van der Waals surface area contributed by atoms with Crippen LogP contribution in [0, 0.1) is 11.3 Å². The third kappa shape index (κ3) is 4.76. The van der Waals surface area contributed by atoms with Crippen LogP contribution in [0.2, 0.25) is 5.02 Å². The number of aromatic amines is 1. The smallest absolute Gasteiger partial charge is 0.237 e. The van der Waals surface area contributed by atoms with Crippen molar-refractivity contribution in [3.05, 3.63) is 81.6 Å². The summed E-state index contributed by atoms with van der Waals surface area (Å²) in [5.74, 6) is -0.215. The van der Waals surface area contributed by atoms with Gasteiger partial charge in [-0.05, 0) is 71.2 Å². The van der Waals surface area contributed by atoms with Gasteiger partial charge >= 0.3 is 0 Å². The first kappa shape index (κ1) is 27.6. The topological polar surface area (TPSA) is 120 Å². The molecule has 0 fully saturated rings. The summed E-state index contributed by atoms with van der Waals surface area (Å²) in [5, 5.41) is 14.6. The van der Waals surface area contributed by atoms with Crippen molar-refractivity contribution >= 4 is 51.7 Å². The van der Waals surface area contributed by atoms with E-state index in [1.165, 1.54) is 0 Å². The van der Waals surface area contributed by atoms with Crippen LogP contribution in [0.3, 0.4) is 0 Å². The molecule has 0 radical (unpaired) electrons. The number of hydrogen-bond donors (Lipinski definition) is 3. The molecular weight excluding hydrogens is 564 g/mol. The SMILES string of the molecule is CC(C)(C)CN1Cc2c(cc(Cl)c3[nH]ncc23)CC(CC(=O)Nc2ccc3c(c2)CC2(C3)C(=O)Nc3ncccc32)C1=O. The molecule has 2 aromatic carbocycles. The number of hydrogen-bond acceptors (Lipinski definition) is 5. The largest absolute Gasteiger partial charge is 0.338 e. The minimum atomic E-state index is -0.674. The van der Waals surface area contributed by atoms with Crippen molar-refractivity contribution < 1.29 is 14.4 Å². The van der Waals surface area contributed by atoms with Gasteiger partial charge < -0.3 is 15.5 Å². The van der Waals surface area contributed by atoms with Gasteiger partial charge in [0, 0.05) is 42.3 Å². The van der Waals surface area contributed by atoms with Gasteiger partial charge in [0.1, 0.15) is 5.82 Å². The molecule has 3 aliphatic rings. The Morgan fingerprint density at radius 1 is 1.14 bits per heavy atom. The van der Waals surface area contributed by atoms with Crippen molar-refractivity contribution in [2.24, 2.45) is 11.3 Å². The summed E-state index contributed by atoms with van der Waals surface area (Å²) < 4.78 is 0. The number of rotatable bonds is 4. The van der Waals surface area contributed by atoms with Crippen molar-refractivity contribution in [1.29, 1.82) is 0 Å². The first-order valence-electron chi connectivity index (χ1n) is 14.6. The molecule has 4 heterocycles. The first-order valence-corrected chi connectivity index (χ1v) is 15.0. The Morgan fingerprint density at radius 2 is 1.95 bits per heavy atom. The van der Waals surface area contributed by atoms with E-state index in [0.717, 1.165) is 38.7 Å². The van der Waals surface area contributed by atoms with Crippen LogP contribution in [0.4, 0.5) is 11.5 Å². The molecule has 0 saturated carbocycles. The van der Waals surface area contributed by atoms with E-state index in [-0.39, 0.29) is 29.6 Å². The normalized spacial score (nSPS) is 21.0. The summed E-state index contributed by atoms with van der Waals surface area (Å²) in [6, 6.07) is 11.5.